The lowest BCUT2D eigenvalue weighted by Gasteiger charge is -2.19. The second-order valence-corrected chi connectivity index (χ2v) is 9.27. The summed E-state index contributed by atoms with van der Waals surface area (Å²) in [6, 6.07) is 17.2. The van der Waals surface area contributed by atoms with Gasteiger partial charge in [0.1, 0.15) is 13.2 Å². The zero-order valence-corrected chi connectivity index (χ0v) is 18.7. The van der Waals surface area contributed by atoms with E-state index in [0.29, 0.717) is 36.0 Å². The van der Waals surface area contributed by atoms with Gasteiger partial charge in [-0.1, -0.05) is 24.3 Å². The first-order valence-electron chi connectivity index (χ1n) is 10.2. The molecule has 32 heavy (non-hydrogen) atoms. The fraction of sp³-hybridized carbons (Fsp3) is 0.208. The number of amides is 1. The fourth-order valence-electron chi connectivity index (χ4n) is 3.43. The van der Waals surface area contributed by atoms with Gasteiger partial charge >= 0.3 is 0 Å². The van der Waals surface area contributed by atoms with Crippen molar-refractivity contribution >= 4 is 21.6 Å². The average Bonchev–Trinajstić information content (AvgIpc) is 2.77. The van der Waals surface area contributed by atoms with E-state index in [1.54, 1.807) is 37.3 Å². The highest BCUT2D eigenvalue weighted by atomic mass is 32.2. The standard InChI is InChI=1S/C24H24N2O5S/c1-16-4-3-5-20(12-16)26-32(28,29)23-14-19(8-6-17(23)2)24(27)25-15-18-7-9-21-22(13-18)31-11-10-30-21/h3-9,12-14,26H,10-11,15H2,1-2H3,(H,25,27). The molecule has 0 saturated heterocycles. The maximum Gasteiger partial charge on any atom is 0.262 e. The predicted octanol–water partition coefficient (Wildman–Crippen LogP) is 3.81. The van der Waals surface area contributed by atoms with Crippen LogP contribution in [-0.4, -0.2) is 27.5 Å². The molecule has 0 atom stereocenters. The van der Waals surface area contributed by atoms with Crippen molar-refractivity contribution in [3.8, 4) is 11.5 Å². The second kappa shape index (κ2) is 8.92. The summed E-state index contributed by atoms with van der Waals surface area (Å²) in [6.07, 6.45) is 0. The van der Waals surface area contributed by atoms with Crippen LogP contribution in [0, 0.1) is 13.8 Å². The van der Waals surface area contributed by atoms with E-state index in [-0.39, 0.29) is 22.9 Å². The molecule has 0 fully saturated rings. The van der Waals surface area contributed by atoms with Gasteiger partial charge < -0.3 is 14.8 Å². The van der Waals surface area contributed by atoms with Crippen molar-refractivity contribution in [3.63, 3.8) is 0 Å². The zero-order chi connectivity index (χ0) is 22.7. The quantitative estimate of drug-likeness (QED) is 0.593. The van der Waals surface area contributed by atoms with Gasteiger partial charge in [-0.25, -0.2) is 8.42 Å². The number of hydrogen-bond donors (Lipinski definition) is 2. The maximum atomic E-state index is 13.0. The average molecular weight is 453 g/mol. The first-order valence-corrected chi connectivity index (χ1v) is 11.7. The number of fused-ring (bicyclic) bond motifs is 1. The van der Waals surface area contributed by atoms with E-state index in [0.717, 1.165) is 11.1 Å². The van der Waals surface area contributed by atoms with E-state index >= 15 is 0 Å². The van der Waals surface area contributed by atoms with Gasteiger partial charge in [-0.2, -0.15) is 0 Å². The van der Waals surface area contributed by atoms with Crippen LogP contribution < -0.4 is 19.5 Å². The predicted molar refractivity (Wildman–Crippen MR) is 122 cm³/mol. The minimum atomic E-state index is -3.85. The summed E-state index contributed by atoms with van der Waals surface area (Å²) in [5.41, 5.74) is 3.07. The Morgan fingerprint density at radius 3 is 2.50 bits per heavy atom. The highest BCUT2D eigenvalue weighted by Gasteiger charge is 2.20. The summed E-state index contributed by atoms with van der Waals surface area (Å²) < 4.78 is 39.6. The molecule has 0 unspecified atom stereocenters. The SMILES string of the molecule is Cc1cccc(NS(=O)(=O)c2cc(C(=O)NCc3ccc4c(c3)OCCO4)ccc2C)c1. The zero-order valence-electron chi connectivity index (χ0n) is 17.8. The molecule has 1 heterocycles. The van der Waals surface area contributed by atoms with Crippen LogP contribution in [0.15, 0.2) is 65.6 Å². The number of carbonyl (C=O) groups is 1. The molecule has 4 rings (SSSR count). The molecule has 7 nitrogen and oxygen atoms in total. The lowest BCUT2D eigenvalue weighted by molar-refractivity contribution is 0.0950. The third kappa shape index (κ3) is 4.86. The lowest BCUT2D eigenvalue weighted by Crippen LogP contribution is -2.24. The van der Waals surface area contributed by atoms with Crippen LogP contribution in [-0.2, 0) is 16.6 Å². The van der Waals surface area contributed by atoms with Crippen molar-refractivity contribution in [1.82, 2.24) is 5.32 Å². The summed E-state index contributed by atoms with van der Waals surface area (Å²) in [5.74, 6) is 0.960. The van der Waals surface area contributed by atoms with Crippen LogP contribution in [0.2, 0.25) is 0 Å². The van der Waals surface area contributed by atoms with E-state index in [2.05, 4.69) is 10.0 Å². The third-order valence-corrected chi connectivity index (χ3v) is 6.59. The minimum Gasteiger partial charge on any atom is -0.486 e. The summed E-state index contributed by atoms with van der Waals surface area (Å²) in [5, 5.41) is 2.83. The summed E-state index contributed by atoms with van der Waals surface area (Å²) in [6.45, 7) is 4.85. The van der Waals surface area contributed by atoms with E-state index in [1.807, 2.05) is 31.2 Å². The molecular weight excluding hydrogens is 428 g/mol. The molecule has 0 bridgehead atoms. The molecule has 0 aliphatic carbocycles. The number of sulfonamides is 1. The Hall–Kier alpha value is -3.52. The van der Waals surface area contributed by atoms with Gasteiger partial charge in [0, 0.05) is 17.8 Å². The molecule has 2 N–H and O–H groups in total. The molecular formula is C24H24N2O5S. The molecule has 0 spiro atoms. The maximum absolute atomic E-state index is 13.0. The first-order chi connectivity index (χ1) is 15.3. The summed E-state index contributed by atoms with van der Waals surface area (Å²) in [4.78, 5) is 12.8. The number of rotatable bonds is 6. The highest BCUT2D eigenvalue weighted by Crippen LogP contribution is 2.30. The van der Waals surface area contributed by atoms with Crippen molar-refractivity contribution in [2.45, 2.75) is 25.3 Å². The Morgan fingerprint density at radius 1 is 0.938 bits per heavy atom. The molecule has 3 aromatic rings. The van der Waals surface area contributed by atoms with E-state index in [9.17, 15) is 13.2 Å². The largest absolute Gasteiger partial charge is 0.486 e. The molecule has 1 aliphatic rings. The Kier molecular flexibility index (Phi) is 6.05. The van der Waals surface area contributed by atoms with Crippen LogP contribution in [0.5, 0.6) is 11.5 Å². The second-order valence-electron chi connectivity index (χ2n) is 7.62. The van der Waals surface area contributed by atoms with Crippen LogP contribution in [0.25, 0.3) is 0 Å². The molecule has 1 amide bonds. The Bertz CT molecular complexity index is 1270. The van der Waals surface area contributed by atoms with Gasteiger partial charge in [0.15, 0.2) is 11.5 Å². The number of carbonyl (C=O) groups excluding carboxylic acids is 1. The number of nitrogens with one attached hydrogen (secondary N) is 2. The fourth-order valence-corrected chi connectivity index (χ4v) is 4.75. The van der Waals surface area contributed by atoms with E-state index < -0.39 is 10.0 Å². The van der Waals surface area contributed by atoms with Crippen molar-refractivity contribution < 1.29 is 22.7 Å². The van der Waals surface area contributed by atoms with Crippen LogP contribution in [0.4, 0.5) is 5.69 Å². The van der Waals surface area contributed by atoms with Gasteiger partial charge in [-0.15, -0.1) is 0 Å². The van der Waals surface area contributed by atoms with Crippen molar-refractivity contribution in [1.29, 1.82) is 0 Å². The number of hydrogen-bond acceptors (Lipinski definition) is 5. The topological polar surface area (TPSA) is 93.7 Å². The Labute approximate surface area is 187 Å². The number of aryl methyl sites for hydroxylation is 2. The first kappa shape index (κ1) is 21.7. The van der Waals surface area contributed by atoms with E-state index in [1.165, 1.54) is 6.07 Å². The summed E-state index contributed by atoms with van der Waals surface area (Å²) in [7, 11) is -3.85. The third-order valence-electron chi connectivity index (χ3n) is 5.07. The smallest absolute Gasteiger partial charge is 0.262 e. The Morgan fingerprint density at radius 2 is 1.72 bits per heavy atom. The van der Waals surface area contributed by atoms with Gasteiger partial charge in [-0.05, 0) is 66.9 Å². The molecule has 8 heteroatoms. The van der Waals surface area contributed by atoms with Gasteiger partial charge in [0.25, 0.3) is 15.9 Å². The normalized spacial score (nSPS) is 12.8. The monoisotopic (exact) mass is 452 g/mol. The number of benzene rings is 3. The van der Waals surface area contributed by atoms with Gasteiger partial charge in [0.2, 0.25) is 0 Å². The molecule has 0 aromatic heterocycles. The van der Waals surface area contributed by atoms with Gasteiger partial charge in [-0.3, -0.25) is 9.52 Å². The minimum absolute atomic E-state index is 0.0611. The number of ether oxygens (including phenoxy) is 2. The Balaban J connectivity index is 1.49. The summed E-state index contributed by atoms with van der Waals surface area (Å²) >= 11 is 0. The molecule has 0 saturated carbocycles. The molecule has 166 valence electrons. The molecule has 0 radical (unpaired) electrons. The van der Waals surface area contributed by atoms with E-state index in [4.69, 9.17) is 9.47 Å². The van der Waals surface area contributed by atoms with Crippen molar-refractivity contribution in [3.05, 3.63) is 82.9 Å². The molecule has 3 aromatic carbocycles. The van der Waals surface area contributed by atoms with Gasteiger partial charge in [0.05, 0.1) is 4.90 Å². The number of anilines is 1. The molecule has 1 aliphatic heterocycles. The van der Waals surface area contributed by atoms with Crippen LogP contribution in [0.1, 0.15) is 27.0 Å². The van der Waals surface area contributed by atoms with Crippen LogP contribution >= 0.6 is 0 Å². The highest BCUT2D eigenvalue weighted by molar-refractivity contribution is 7.92. The van der Waals surface area contributed by atoms with Crippen molar-refractivity contribution in [2.75, 3.05) is 17.9 Å². The lowest BCUT2D eigenvalue weighted by atomic mass is 10.1. The van der Waals surface area contributed by atoms with Crippen molar-refractivity contribution in [2.24, 2.45) is 0 Å². The van der Waals surface area contributed by atoms with Crippen LogP contribution in [0.3, 0.4) is 0 Å².